The van der Waals surface area contributed by atoms with Crippen molar-refractivity contribution in [3.05, 3.63) is 136 Å². The molecule has 7 rings (SSSR count). The lowest BCUT2D eigenvalue weighted by atomic mass is 9.86. The molecule has 2 N–H and O–H groups in total. The fourth-order valence-corrected chi connectivity index (χ4v) is 14.3. The van der Waals surface area contributed by atoms with Gasteiger partial charge >= 0.3 is 5.97 Å². The Balaban J connectivity index is 1.01. The van der Waals surface area contributed by atoms with Crippen molar-refractivity contribution in [1.29, 1.82) is 0 Å². The number of allylic oxidation sites excluding steroid dienone is 8. The Bertz CT molecular complexity index is 2810. The number of aromatic hydroxyl groups is 1. The number of fused-ring (bicyclic) bond motifs is 3. The molecule has 2 amide bonds. The Morgan fingerprint density at radius 3 is 2.40 bits per heavy atom. The minimum absolute atomic E-state index is 0.0496. The molecule has 11 nitrogen and oxygen atoms in total. The van der Waals surface area contributed by atoms with Crippen LogP contribution in [0.3, 0.4) is 0 Å². The summed E-state index contributed by atoms with van der Waals surface area (Å²) >= 11 is 0. The van der Waals surface area contributed by atoms with Crippen LogP contribution in [0.2, 0.25) is 13.1 Å². The standard InChI is InChI=1S/C63H80N4O7Si/c1-42-17-15-18-44(3)74-61(71)39-50(45-28-32-54(69)33-29-45)38-58(70)57(37-47-25-24-46-19-13-14-22-55(46)47)67(7)63(73)56(64-62(72)43(2)35-42)23-12-10-11-20-53(68)21-16-34-66(6)52-31-27-49-36-48-26-30-51(65(4)5)40-59(48)75(8,9)60(49)41-52/h13-14,17,19,22,25-33,36,40-41,43-44,50,56-57H,10-12,15-16,18,20-21,23-24,34-35,37-39H2,1-9H3,(H-,64,69,72)/p+1/b42-17+. The van der Waals surface area contributed by atoms with Gasteiger partial charge in [-0.15, -0.1) is 0 Å². The average Bonchev–Trinajstić information content (AvgIpc) is 3.79. The summed E-state index contributed by atoms with van der Waals surface area (Å²) in [5.41, 5.74) is 9.89. The number of Topliss-reactive ketones (excluding diaryl/α,β-unsaturated/α-hetero) is 2. The minimum Gasteiger partial charge on any atom is -0.508 e. The molecule has 398 valence electrons. The van der Waals surface area contributed by atoms with Gasteiger partial charge in [-0.25, -0.2) is 4.58 Å². The maximum atomic E-state index is 15.0. The number of ether oxygens (including phenoxy) is 1. The summed E-state index contributed by atoms with van der Waals surface area (Å²) in [6.07, 6.45) is 19.6. The summed E-state index contributed by atoms with van der Waals surface area (Å²) in [5.74, 6) is -1.93. The van der Waals surface area contributed by atoms with Gasteiger partial charge in [-0.1, -0.05) is 93.0 Å². The number of carbonyl (C=O) groups is 5. The van der Waals surface area contributed by atoms with Crippen LogP contribution in [0.1, 0.15) is 132 Å². The highest BCUT2D eigenvalue weighted by molar-refractivity contribution is 6.97. The molecule has 3 aromatic rings. The molecule has 0 aromatic heterocycles. The van der Waals surface area contributed by atoms with Crippen LogP contribution in [-0.4, -0.2) is 111 Å². The van der Waals surface area contributed by atoms with Gasteiger partial charge in [-0.3, -0.25) is 24.0 Å². The normalized spacial score (nSPS) is 23.1. The molecule has 3 aromatic carbocycles. The van der Waals surface area contributed by atoms with E-state index >= 15 is 0 Å². The van der Waals surface area contributed by atoms with E-state index in [2.05, 4.69) is 110 Å². The van der Waals surface area contributed by atoms with Crippen LogP contribution >= 0.6 is 0 Å². The summed E-state index contributed by atoms with van der Waals surface area (Å²) < 4.78 is 8.04. The van der Waals surface area contributed by atoms with E-state index in [1.807, 2.05) is 39.0 Å². The number of nitrogens with one attached hydrogen (secondary N) is 1. The highest BCUT2D eigenvalue weighted by Crippen LogP contribution is 2.36. The van der Waals surface area contributed by atoms with E-state index < -0.39 is 38.0 Å². The largest absolute Gasteiger partial charge is 0.508 e. The third-order valence-corrected chi connectivity index (χ3v) is 19.5. The number of phenols is 1. The quantitative estimate of drug-likeness (QED) is 0.0536. The number of cyclic esters (lactones) is 1. The molecule has 0 radical (unpaired) electrons. The number of esters is 1. The van der Waals surface area contributed by atoms with Crippen molar-refractivity contribution in [1.82, 2.24) is 10.2 Å². The molecule has 0 spiro atoms. The van der Waals surface area contributed by atoms with E-state index in [9.17, 15) is 29.1 Å². The Labute approximate surface area is 447 Å². The van der Waals surface area contributed by atoms with Crippen LogP contribution in [0.25, 0.3) is 11.6 Å². The molecular weight excluding hydrogens is 953 g/mol. The average molecular weight is 1030 g/mol. The SMILES string of the molecule is C/C1=C\CCC(C)OC(=O)CC(c2ccc(O)cc2)CC(=O)C(CC2=CCc3ccccc32)N(C)C(=O)C(CCCCCC(=O)CCCN(C)c2ccc3c(c2)[Si](C)(C)C2=CC(=[N+](C)C)C=CC2=C3)NC(=O)C(C)C1. The van der Waals surface area contributed by atoms with E-state index in [4.69, 9.17) is 4.74 Å². The molecule has 0 bridgehead atoms. The van der Waals surface area contributed by atoms with Gasteiger partial charge in [0, 0.05) is 76.0 Å². The summed E-state index contributed by atoms with van der Waals surface area (Å²) in [6.45, 7) is 11.3. The van der Waals surface area contributed by atoms with Gasteiger partial charge in [-0.2, -0.15) is 0 Å². The lowest BCUT2D eigenvalue weighted by Gasteiger charge is -2.35. The van der Waals surface area contributed by atoms with Crippen molar-refractivity contribution in [2.24, 2.45) is 5.92 Å². The second-order valence-corrected chi connectivity index (χ2v) is 26.7. The first kappa shape index (κ1) is 56.3. The van der Waals surface area contributed by atoms with Crippen molar-refractivity contribution in [3.63, 3.8) is 0 Å². The summed E-state index contributed by atoms with van der Waals surface area (Å²) in [6, 6.07) is 19.6. The van der Waals surface area contributed by atoms with E-state index in [-0.39, 0.29) is 54.5 Å². The van der Waals surface area contributed by atoms with Gasteiger partial charge < -0.3 is 25.0 Å². The van der Waals surface area contributed by atoms with E-state index in [0.717, 1.165) is 47.3 Å². The van der Waals surface area contributed by atoms with Crippen LogP contribution in [0.15, 0.2) is 113 Å². The number of unbranched alkanes of at least 4 members (excludes halogenated alkanes) is 2. The molecule has 5 unspecified atom stereocenters. The van der Waals surface area contributed by atoms with Crippen LogP contribution in [0, 0.1) is 5.92 Å². The summed E-state index contributed by atoms with van der Waals surface area (Å²) in [5, 5.41) is 16.1. The Morgan fingerprint density at radius 2 is 1.64 bits per heavy atom. The second kappa shape index (κ2) is 25.4. The highest BCUT2D eigenvalue weighted by Gasteiger charge is 2.38. The molecule has 2 aliphatic carbocycles. The number of ketones is 2. The molecule has 0 saturated heterocycles. The number of benzene rings is 3. The fourth-order valence-electron chi connectivity index (χ4n) is 11.2. The maximum absolute atomic E-state index is 15.0. The number of carbonyl (C=O) groups excluding carboxylic acids is 5. The number of likely N-dealkylation sites (N-methyl/N-ethyl adjacent to an activating group) is 1. The second-order valence-electron chi connectivity index (χ2n) is 22.4. The predicted octanol–water partition coefficient (Wildman–Crippen LogP) is 10.4. The zero-order chi connectivity index (χ0) is 54.0. The molecule has 2 aliphatic heterocycles. The lowest BCUT2D eigenvalue weighted by Crippen LogP contribution is -2.53. The van der Waals surface area contributed by atoms with E-state index in [1.165, 1.54) is 32.1 Å². The summed E-state index contributed by atoms with van der Waals surface area (Å²) in [7, 11) is 5.96. The van der Waals surface area contributed by atoms with Gasteiger partial charge in [0.05, 0.1) is 18.6 Å². The molecule has 4 aliphatic rings. The highest BCUT2D eigenvalue weighted by atomic mass is 28.3. The van der Waals surface area contributed by atoms with Crippen LogP contribution < -0.4 is 15.4 Å². The van der Waals surface area contributed by atoms with Gasteiger partial charge in [0.15, 0.2) is 11.5 Å². The van der Waals surface area contributed by atoms with Crippen molar-refractivity contribution < 1.29 is 38.4 Å². The van der Waals surface area contributed by atoms with Crippen molar-refractivity contribution in [3.8, 4) is 5.75 Å². The first-order chi connectivity index (χ1) is 35.8. The fraction of sp³-hybridized carbons (Fsp3) is 0.460. The zero-order valence-electron chi connectivity index (χ0n) is 46.0. The van der Waals surface area contributed by atoms with Crippen LogP contribution in [0.4, 0.5) is 5.69 Å². The van der Waals surface area contributed by atoms with E-state index in [1.54, 1.807) is 31.3 Å². The topological polar surface area (TPSA) is 136 Å². The number of amides is 2. The molecule has 0 fully saturated rings. The molecule has 12 heteroatoms. The van der Waals surface area contributed by atoms with Gasteiger partial charge in [0.2, 0.25) is 11.8 Å². The number of anilines is 1. The lowest BCUT2D eigenvalue weighted by molar-refractivity contribution is -0.462. The number of nitrogens with zero attached hydrogens (tertiary/aromatic N) is 3. The predicted molar refractivity (Wildman–Crippen MR) is 305 cm³/mol. The van der Waals surface area contributed by atoms with Gasteiger partial charge in [-0.05, 0) is 139 Å². The molecule has 0 saturated carbocycles. The van der Waals surface area contributed by atoms with Gasteiger partial charge in [0.1, 0.15) is 39.7 Å². The Kier molecular flexibility index (Phi) is 19.1. The molecular formula is C63H81N4O7Si+. The number of hydrogen-bond acceptors (Lipinski definition) is 8. The third-order valence-electron chi connectivity index (χ3n) is 15.9. The smallest absolute Gasteiger partial charge is 0.306 e. The minimum atomic E-state index is -1.97. The molecule has 5 atom stereocenters. The maximum Gasteiger partial charge on any atom is 0.306 e. The monoisotopic (exact) mass is 1030 g/mol. The Morgan fingerprint density at radius 1 is 0.893 bits per heavy atom. The molecule has 2 heterocycles. The number of rotatable bonds is 14. The van der Waals surface area contributed by atoms with Crippen LogP contribution in [-0.2, 0) is 35.1 Å². The van der Waals surface area contributed by atoms with E-state index in [0.29, 0.717) is 63.4 Å². The number of hydrogen-bond donors (Lipinski definition) is 2. The summed E-state index contributed by atoms with van der Waals surface area (Å²) in [4.78, 5) is 74.5. The van der Waals surface area contributed by atoms with Crippen LogP contribution in [0.5, 0.6) is 5.75 Å². The number of phenolic OH excluding ortho intramolecular Hbond substituents is 1. The first-order valence-corrected chi connectivity index (χ1v) is 30.3. The van der Waals surface area contributed by atoms with Gasteiger partial charge in [0.25, 0.3) is 0 Å². The first-order valence-electron chi connectivity index (χ1n) is 27.3. The van der Waals surface area contributed by atoms with Crippen molar-refractivity contribution in [2.45, 2.75) is 148 Å². The zero-order valence-corrected chi connectivity index (χ0v) is 47.0. The molecule has 75 heavy (non-hydrogen) atoms. The van der Waals surface area contributed by atoms with Crippen molar-refractivity contribution in [2.75, 3.05) is 39.6 Å². The Hall–Kier alpha value is -6.40. The van der Waals surface area contributed by atoms with Crippen molar-refractivity contribution >= 4 is 65.7 Å². The third kappa shape index (κ3) is 14.5.